The summed E-state index contributed by atoms with van der Waals surface area (Å²) in [5.74, 6) is -1.02. The Morgan fingerprint density at radius 3 is 3.00 bits per heavy atom. The molecule has 2 amide bonds. The minimum atomic E-state index is -1.09. The predicted molar refractivity (Wildman–Crippen MR) is 57.8 cm³/mol. The highest BCUT2D eigenvalue weighted by Crippen LogP contribution is 2.07. The number of hydrogen-bond acceptors (Lipinski definition) is 6. The molecule has 1 aromatic heterocycles. The first kappa shape index (κ1) is 12.2. The number of amides is 2. The third kappa shape index (κ3) is 2.88. The van der Waals surface area contributed by atoms with Crippen molar-refractivity contribution in [1.29, 1.82) is 0 Å². The van der Waals surface area contributed by atoms with Gasteiger partial charge in [-0.05, 0) is 0 Å². The number of nitrogens with one attached hydrogen (secondary N) is 1. The Labute approximate surface area is 102 Å². The molecule has 96 valence electrons. The summed E-state index contributed by atoms with van der Waals surface area (Å²) in [5.41, 5.74) is 0. The summed E-state index contributed by atoms with van der Waals surface area (Å²) in [5, 5.41) is 18.4. The normalized spacial score (nSPS) is 19.3. The highest BCUT2D eigenvalue weighted by atomic mass is 16.5. The maximum Gasteiger partial charge on any atom is 0.334 e. The van der Waals surface area contributed by atoms with Crippen molar-refractivity contribution < 1.29 is 19.4 Å². The van der Waals surface area contributed by atoms with Crippen molar-refractivity contribution in [3.05, 3.63) is 12.4 Å². The first-order valence-corrected chi connectivity index (χ1v) is 5.21. The quantitative estimate of drug-likeness (QED) is 0.707. The van der Waals surface area contributed by atoms with Crippen LogP contribution in [0.3, 0.4) is 0 Å². The van der Waals surface area contributed by atoms with Gasteiger partial charge in [0.2, 0.25) is 0 Å². The molecule has 9 nitrogen and oxygen atoms in total. The minimum Gasteiger partial charge on any atom is -0.479 e. The highest BCUT2D eigenvalue weighted by Gasteiger charge is 2.29. The van der Waals surface area contributed by atoms with Crippen LogP contribution in [-0.2, 0) is 9.53 Å². The molecule has 0 aliphatic carbocycles. The maximum absolute atomic E-state index is 11.8. The van der Waals surface area contributed by atoms with E-state index in [1.807, 2.05) is 0 Å². The molecule has 1 fully saturated rings. The number of anilines is 1. The van der Waals surface area contributed by atoms with Crippen LogP contribution in [0.15, 0.2) is 12.4 Å². The number of carbonyl (C=O) groups excluding carboxylic acids is 1. The van der Waals surface area contributed by atoms with E-state index >= 15 is 0 Å². The van der Waals surface area contributed by atoms with E-state index in [9.17, 15) is 9.59 Å². The van der Waals surface area contributed by atoms with Crippen molar-refractivity contribution in [3.63, 3.8) is 0 Å². The number of ether oxygens (including phenoxy) is 1. The van der Waals surface area contributed by atoms with Gasteiger partial charge >= 0.3 is 12.0 Å². The van der Waals surface area contributed by atoms with Crippen LogP contribution < -0.4 is 5.32 Å². The lowest BCUT2D eigenvalue weighted by molar-refractivity contribution is -0.154. The average Bonchev–Trinajstić information content (AvgIpc) is 2.40. The highest BCUT2D eigenvalue weighted by molar-refractivity contribution is 5.88. The molecule has 2 rings (SSSR count). The second-order valence-corrected chi connectivity index (χ2v) is 3.54. The number of carboxylic acid groups (broad SMARTS) is 1. The Bertz CT molecular complexity index is 440. The van der Waals surface area contributed by atoms with Crippen LogP contribution in [0.4, 0.5) is 10.7 Å². The van der Waals surface area contributed by atoms with Gasteiger partial charge in [0.1, 0.15) is 0 Å². The number of carbonyl (C=O) groups is 2. The number of aliphatic carboxylic acids is 1. The van der Waals surface area contributed by atoms with E-state index in [1.54, 1.807) is 0 Å². The number of hydrogen-bond donors (Lipinski definition) is 2. The van der Waals surface area contributed by atoms with E-state index < -0.39 is 18.1 Å². The van der Waals surface area contributed by atoms with Crippen molar-refractivity contribution in [3.8, 4) is 0 Å². The molecule has 2 heterocycles. The molecule has 0 radical (unpaired) electrons. The Hall–Kier alpha value is -2.29. The van der Waals surface area contributed by atoms with Crippen molar-refractivity contribution >= 4 is 17.9 Å². The van der Waals surface area contributed by atoms with Crippen LogP contribution in [0, 0.1) is 0 Å². The average molecular weight is 253 g/mol. The molecule has 0 bridgehead atoms. The summed E-state index contributed by atoms with van der Waals surface area (Å²) >= 11 is 0. The molecule has 18 heavy (non-hydrogen) atoms. The van der Waals surface area contributed by atoms with Crippen LogP contribution in [0.1, 0.15) is 0 Å². The summed E-state index contributed by atoms with van der Waals surface area (Å²) in [4.78, 5) is 27.7. The molecule has 1 atom stereocenters. The lowest BCUT2D eigenvalue weighted by atomic mass is 10.3. The summed E-state index contributed by atoms with van der Waals surface area (Å²) in [6.07, 6.45) is 1.77. The Balaban J connectivity index is 1.95. The number of carboxylic acids is 1. The molecular formula is C9H11N5O4. The standard InChI is InChI=1S/C9H11N5O4/c15-7(16)6-5-14(3-4-18-6)9(17)12-8-10-1-2-11-13-8/h1-2,6H,3-5H2,(H,15,16)(H,10,12,13,17). The van der Waals surface area contributed by atoms with Crippen molar-refractivity contribution in [2.75, 3.05) is 25.0 Å². The van der Waals surface area contributed by atoms with E-state index in [0.29, 0.717) is 6.54 Å². The smallest absolute Gasteiger partial charge is 0.334 e. The molecule has 0 saturated carbocycles. The van der Waals surface area contributed by atoms with Crippen LogP contribution in [0.2, 0.25) is 0 Å². The summed E-state index contributed by atoms with van der Waals surface area (Å²) in [6.45, 7) is 0.482. The monoisotopic (exact) mass is 253 g/mol. The molecule has 1 aliphatic heterocycles. The van der Waals surface area contributed by atoms with Gasteiger partial charge in [0.05, 0.1) is 25.5 Å². The predicted octanol–water partition coefficient (Wildman–Crippen LogP) is -0.811. The zero-order valence-electron chi connectivity index (χ0n) is 9.31. The van der Waals surface area contributed by atoms with Gasteiger partial charge in [-0.1, -0.05) is 0 Å². The largest absolute Gasteiger partial charge is 0.479 e. The molecule has 1 saturated heterocycles. The van der Waals surface area contributed by atoms with Crippen LogP contribution >= 0.6 is 0 Å². The van der Waals surface area contributed by atoms with Gasteiger partial charge in [-0.15, -0.1) is 5.10 Å². The molecule has 1 aliphatic rings. The lowest BCUT2D eigenvalue weighted by Gasteiger charge is -2.30. The zero-order valence-corrected chi connectivity index (χ0v) is 9.31. The first-order chi connectivity index (χ1) is 8.66. The second kappa shape index (κ2) is 5.36. The van der Waals surface area contributed by atoms with Gasteiger partial charge < -0.3 is 14.7 Å². The molecule has 0 spiro atoms. The summed E-state index contributed by atoms with van der Waals surface area (Å²) in [6, 6.07) is -0.474. The maximum atomic E-state index is 11.8. The van der Waals surface area contributed by atoms with E-state index in [-0.39, 0.29) is 19.1 Å². The zero-order chi connectivity index (χ0) is 13.0. The first-order valence-electron chi connectivity index (χ1n) is 5.21. The van der Waals surface area contributed by atoms with Crippen molar-refractivity contribution in [2.24, 2.45) is 0 Å². The molecule has 1 aromatic rings. The number of aromatic nitrogens is 3. The van der Waals surface area contributed by atoms with Crippen LogP contribution in [0.5, 0.6) is 0 Å². The second-order valence-electron chi connectivity index (χ2n) is 3.54. The van der Waals surface area contributed by atoms with Crippen molar-refractivity contribution in [1.82, 2.24) is 20.1 Å². The van der Waals surface area contributed by atoms with E-state index in [2.05, 4.69) is 20.5 Å². The Morgan fingerprint density at radius 1 is 1.50 bits per heavy atom. The van der Waals surface area contributed by atoms with E-state index in [4.69, 9.17) is 9.84 Å². The third-order valence-electron chi connectivity index (χ3n) is 2.33. The van der Waals surface area contributed by atoms with E-state index in [0.717, 1.165) is 0 Å². The van der Waals surface area contributed by atoms with Crippen molar-refractivity contribution in [2.45, 2.75) is 6.10 Å². The molecule has 2 N–H and O–H groups in total. The van der Waals surface area contributed by atoms with Gasteiger partial charge in [-0.3, -0.25) is 5.32 Å². The molecule has 9 heteroatoms. The molecular weight excluding hydrogens is 242 g/mol. The van der Waals surface area contributed by atoms with Gasteiger partial charge in [0.25, 0.3) is 5.95 Å². The summed E-state index contributed by atoms with van der Waals surface area (Å²) < 4.78 is 5.01. The fraction of sp³-hybridized carbons (Fsp3) is 0.444. The minimum absolute atomic E-state index is 0.0125. The Morgan fingerprint density at radius 2 is 2.33 bits per heavy atom. The molecule has 1 unspecified atom stereocenters. The van der Waals surface area contributed by atoms with Gasteiger partial charge in [-0.25, -0.2) is 14.6 Å². The number of morpholine rings is 1. The van der Waals surface area contributed by atoms with Crippen LogP contribution in [0.25, 0.3) is 0 Å². The van der Waals surface area contributed by atoms with E-state index in [1.165, 1.54) is 17.3 Å². The Kier molecular flexibility index (Phi) is 3.63. The fourth-order valence-electron chi connectivity index (χ4n) is 1.46. The lowest BCUT2D eigenvalue weighted by Crippen LogP contribution is -2.50. The molecule has 0 aromatic carbocycles. The van der Waals surface area contributed by atoms with Gasteiger partial charge in [0.15, 0.2) is 6.10 Å². The van der Waals surface area contributed by atoms with Gasteiger partial charge in [-0.2, -0.15) is 5.10 Å². The number of nitrogens with zero attached hydrogens (tertiary/aromatic N) is 4. The van der Waals surface area contributed by atoms with Crippen LogP contribution in [-0.4, -0.2) is 63.0 Å². The fourth-order valence-corrected chi connectivity index (χ4v) is 1.46. The number of urea groups is 1. The van der Waals surface area contributed by atoms with Gasteiger partial charge in [0, 0.05) is 6.54 Å². The third-order valence-corrected chi connectivity index (χ3v) is 2.33. The number of rotatable bonds is 2. The topological polar surface area (TPSA) is 118 Å². The SMILES string of the molecule is O=C(O)C1CN(C(=O)Nc2nccnn2)CCO1. The summed E-state index contributed by atoms with van der Waals surface area (Å²) in [7, 11) is 0.